The van der Waals surface area contributed by atoms with E-state index >= 15 is 0 Å². The second-order valence-corrected chi connectivity index (χ2v) is 8.78. The molecule has 1 atom stereocenters. The molecule has 0 radical (unpaired) electrons. The van der Waals surface area contributed by atoms with E-state index in [0.29, 0.717) is 5.69 Å². The lowest BCUT2D eigenvalue weighted by molar-refractivity contribution is -0.117. The molecule has 1 aromatic carbocycles. The maximum atomic E-state index is 12.8. The number of carbonyl (C=O) groups is 2. The number of carbonyl (C=O) groups excluding carboxylic acids is 2. The Balaban J connectivity index is 1.58. The predicted octanol–water partition coefficient (Wildman–Crippen LogP) is 3.15. The molecule has 3 aromatic rings. The Morgan fingerprint density at radius 1 is 1.18 bits per heavy atom. The highest BCUT2D eigenvalue weighted by Gasteiger charge is 2.33. The van der Waals surface area contributed by atoms with Crippen LogP contribution in [0.3, 0.4) is 0 Å². The smallest absolute Gasteiger partial charge is 0.273 e. The second kappa shape index (κ2) is 8.12. The van der Waals surface area contributed by atoms with Crippen molar-refractivity contribution < 1.29 is 13.7 Å². The summed E-state index contributed by atoms with van der Waals surface area (Å²) in [5.41, 5.74) is 4.42. The third kappa shape index (κ3) is 3.55. The fourth-order valence-electron chi connectivity index (χ4n) is 4.39. The summed E-state index contributed by atoms with van der Waals surface area (Å²) >= 11 is 0. The number of fused-ring (bicyclic) bond motifs is 3. The van der Waals surface area contributed by atoms with Crippen LogP contribution in [0.5, 0.6) is 0 Å². The molecule has 1 aliphatic heterocycles. The fourth-order valence-corrected chi connectivity index (χ4v) is 4.39. The maximum absolute atomic E-state index is 12.8. The van der Waals surface area contributed by atoms with Gasteiger partial charge in [0.05, 0.1) is 34.5 Å². The molecule has 10 heteroatoms. The third-order valence-electron chi connectivity index (χ3n) is 6.57. The molecule has 34 heavy (non-hydrogen) atoms. The van der Waals surface area contributed by atoms with E-state index in [-0.39, 0.29) is 35.1 Å². The van der Waals surface area contributed by atoms with Crippen LogP contribution in [-0.2, 0) is 11.8 Å². The SMILES string of the molecule is [2H]C([2H])([2H])NC(=O)c1nnc(NC(=O)C2CC2)cc1Nc1cccc2c1N(C)[C@@H](C)c1c-2nc(C)n1C. The minimum atomic E-state index is -2.70. The highest BCUT2D eigenvalue weighted by molar-refractivity contribution is 6.01. The quantitative estimate of drug-likeness (QED) is 0.532. The molecular weight excluding hydrogens is 432 g/mol. The average molecular weight is 464 g/mol. The zero-order valence-electron chi connectivity index (χ0n) is 22.4. The average Bonchev–Trinajstić information content (AvgIpc) is 3.62. The van der Waals surface area contributed by atoms with Crippen molar-refractivity contribution in [3.8, 4) is 11.3 Å². The maximum Gasteiger partial charge on any atom is 0.273 e. The number of imidazole rings is 1. The van der Waals surface area contributed by atoms with Crippen molar-refractivity contribution in [1.82, 2.24) is 25.1 Å². The van der Waals surface area contributed by atoms with Crippen molar-refractivity contribution in [2.45, 2.75) is 32.7 Å². The van der Waals surface area contributed by atoms with Crippen LogP contribution in [0.2, 0.25) is 0 Å². The van der Waals surface area contributed by atoms with Gasteiger partial charge in [-0.05, 0) is 32.8 Å². The molecule has 5 rings (SSSR count). The van der Waals surface area contributed by atoms with E-state index < -0.39 is 12.9 Å². The lowest BCUT2D eigenvalue weighted by Gasteiger charge is -2.35. The number of anilines is 4. The summed E-state index contributed by atoms with van der Waals surface area (Å²) in [6.07, 6.45) is 1.64. The first-order valence-corrected chi connectivity index (χ1v) is 11.1. The molecule has 2 aliphatic rings. The van der Waals surface area contributed by atoms with Gasteiger partial charge in [-0.1, -0.05) is 12.1 Å². The van der Waals surface area contributed by atoms with Crippen molar-refractivity contribution in [2.75, 3.05) is 29.6 Å². The van der Waals surface area contributed by atoms with Crippen LogP contribution in [0.4, 0.5) is 22.9 Å². The molecule has 3 N–H and O–H groups in total. The first kappa shape index (κ1) is 18.5. The van der Waals surface area contributed by atoms with Gasteiger partial charge in [-0.15, -0.1) is 10.2 Å². The number of aromatic nitrogens is 4. The summed E-state index contributed by atoms with van der Waals surface area (Å²) in [5.74, 6) is -0.0645. The van der Waals surface area contributed by atoms with E-state index in [1.807, 2.05) is 44.5 Å². The van der Waals surface area contributed by atoms with Crippen LogP contribution in [0.1, 0.15) is 51.9 Å². The normalized spacial score (nSPS) is 18.2. The number of rotatable bonds is 5. The molecule has 0 saturated heterocycles. The largest absolute Gasteiger partial charge is 0.364 e. The van der Waals surface area contributed by atoms with Gasteiger partial charge in [-0.3, -0.25) is 9.59 Å². The van der Waals surface area contributed by atoms with Crippen molar-refractivity contribution in [2.24, 2.45) is 13.0 Å². The number of amides is 2. The van der Waals surface area contributed by atoms with Crippen LogP contribution in [0.15, 0.2) is 24.3 Å². The summed E-state index contributed by atoms with van der Waals surface area (Å²) in [5, 5.41) is 15.9. The Labute approximate surface area is 202 Å². The third-order valence-corrected chi connectivity index (χ3v) is 6.57. The van der Waals surface area contributed by atoms with Crippen molar-refractivity contribution in [3.63, 3.8) is 0 Å². The van der Waals surface area contributed by atoms with Crippen molar-refractivity contribution in [1.29, 1.82) is 0 Å². The molecule has 1 aliphatic carbocycles. The molecule has 0 spiro atoms. The van der Waals surface area contributed by atoms with Gasteiger partial charge in [0, 0.05) is 42.7 Å². The van der Waals surface area contributed by atoms with Gasteiger partial charge in [0.15, 0.2) is 11.5 Å². The standard InChI is InChI=1S/C24H28N8O2/c1-12-21-19(26-13(2)32(21)5)15-7-6-8-16(22(15)31(12)4)27-17-11-18(28-23(33)14-9-10-14)29-30-20(17)24(34)25-3/h6-8,11-12,14H,9-10H2,1-5H3,(H,25,34)(H2,27,28,29,33)/t12-/m0/s1/i3D3. The monoisotopic (exact) mass is 463 g/mol. The number of hydrogen-bond donors (Lipinski definition) is 3. The van der Waals surface area contributed by atoms with Crippen molar-refractivity contribution >= 4 is 34.7 Å². The van der Waals surface area contributed by atoms with Gasteiger partial charge in [0.25, 0.3) is 5.91 Å². The van der Waals surface area contributed by atoms with Crippen LogP contribution in [0, 0.1) is 12.8 Å². The lowest BCUT2D eigenvalue weighted by Crippen LogP contribution is -2.28. The molecule has 1 fully saturated rings. The van der Waals surface area contributed by atoms with E-state index in [1.54, 1.807) is 0 Å². The Morgan fingerprint density at radius 3 is 2.71 bits per heavy atom. The topological polar surface area (TPSA) is 117 Å². The van der Waals surface area contributed by atoms with Crippen molar-refractivity contribution in [3.05, 3.63) is 41.5 Å². The van der Waals surface area contributed by atoms with Gasteiger partial charge in [0.2, 0.25) is 5.91 Å². The molecule has 0 bridgehead atoms. The first-order valence-electron chi connectivity index (χ1n) is 12.6. The zero-order chi connectivity index (χ0) is 26.6. The van der Waals surface area contributed by atoms with E-state index in [0.717, 1.165) is 41.3 Å². The number of benzene rings is 1. The van der Waals surface area contributed by atoms with Crippen LogP contribution >= 0.6 is 0 Å². The molecule has 0 unspecified atom stereocenters. The second-order valence-electron chi connectivity index (χ2n) is 8.78. The van der Waals surface area contributed by atoms with E-state index in [4.69, 9.17) is 9.10 Å². The molecule has 1 saturated carbocycles. The number of hydrogen-bond acceptors (Lipinski definition) is 7. The Kier molecular flexibility index (Phi) is 4.41. The van der Waals surface area contributed by atoms with Gasteiger partial charge < -0.3 is 25.4 Å². The summed E-state index contributed by atoms with van der Waals surface area (Å²) in [6, 6.07) is 7.23. The van der Waals surface area contributed by atoms with E-state index in [1.165, 1.54) is 6.07 Å². The molecule has 10 nitrogen and oxygen atoms in total. The Bertz CT molecular complexity index is 1410. The Morgan fingerprint density at radius 2 is 1.97 bits per heavy atom. The number of nitrogens with zero attached hydrogens (tertiary/aromatic N) is 5. The molecule has 2 aromatic heterocycles. The van der Waals surface area contributed by atoms with Crippen LogP contribution < -0.4 is 20.9 Å². The van der Waals surface area contributed by atoms with Crippen LogP contribution in [-0.4, -0.2) is 45.6 Å². The van der Waals surface area contributed by atoms with Crippen LogP contribution in [0.25, 0.3) is 11.3 Å². The summed E-state index contributed by atoms with van der Waals surface area (Å²) in [4.78, 5) is 32.0. The minimum Gasteiger partial charge on any atom is -0.364 e. The van der Waals surface area contributed by atoms with Gasteiger partial charge in [-0.2, -0.15) is 0 Å². The summed E-state index contributed by atoms with van der Waals surface area (Å²) in [6.45, 7) is 1.35. The van der Waals surface area contributed by atoms with E-state index in [9.17, 15) is 9.59 Å². The van der Waals surface area contributed by atoms with E-state index in [2.05, 4.69) is 37.2 Å². The minimum absolute atomic E-state index is 0.0129. The molecule has 3 heterocycles. The number of aryl methyl sites for hydroxylation is 1. The summed E-state index contributed by atoms with van der Waals surface area (Å²) < 4.78 is 24.3. The van der Waals surface area contributed by atoms with Gasteiger partial charge >= 0.3 is 0 Å². The predicted molar refractivity (Wildman–Crippen MR) is 130 cm³/mol. The molecule has 176 valence electrons. The zero-order valence-corrected chi connectivity index (χ0v) is 19.4. The molecule has 2 amide bonds. The number of para-hydroxylation sites is 1. The fraction of sp³-hybridized carbons (Fsp3) is 0.375. The van der Waals surface area contributed by atoms with Gasteiger partial charge in [-0.25, -0.2) is 4.98 Å². The lowest BCUT2D eigenvalue weighted by atomic mass is 9.96. The highest BCUT2D eigenvalue weighted by atomic mass is 16.2. The van der Waals surface area contributed by atoms with Gasteiger partial charge in [0.1, 0.15) is 5.82 Å². The summed E-state index contributed by atoms with van der Waals surface area (Å²) in [7, 11) is 3.98. The Hall–Kier alpha value is -3.95. The highest BCUT2D eigenvalue weighted by Crippen LogP contribution is 2.47. The first-order chi connectivity index (χ1) is 17.4. The number of nitrogens with one attached hydrogen (secondary N) is 3. The molecular formula is C24H28N8O2.